The number of anilines is 1. The van der Waals surface area contributed by atoms with Crippen LogP contribution in [0, 0.1) is 0 Å². The van der Waals surface area contributed by atoms with E-state index in [9.17, 15) is 0 Å². The number of nitrogen functional groups attached to an aromatic ring is 1. The van der Waals surface area contributed by atoms with Crippen LogP contribution in [0.2, 0.25) is 0 Å². The van der Waals surface area contributed by atoms with Gasteiger partial charge in [0.2, 0.25) is 5.95 Å². The maximum Gasteiger partial charge on any atom is 0.201 e. The van der Waals surface area contributed by atoms with Gasteiger partial charge in [-0.05, 0) is 38.6 Å². The number of imidazole rings is 1. The second-order valence-electron chi connectivity index (χ2n) is 5.25. The number of rotatable bonds is 2. The predicted molar refractivity (Wildman–Crippen MR) is 76.5 cm³/mol. The molecule has 5 nitrogen and oxygen atoms in total. The van der Waals surface area contributed by atoms with Crippen LogP contribution in [0.5, 0.6) is 5.75 Å². The Bertz CT molecular complexity index is 592. The van der Waals surface area contributed by atoms with Crippen LogP contribution in [0.3, 0.4) is 0 Å². The number of piperidine rings is 1. The summed E-state index contributed by atoms with van der Waals surface area (Å²) in [6.07, 6.45) is 2.35. The summed E-state index contributed by atoms with van der Waals surface area (Å²) < 4.78 is 7.46. The molecule has 102 valence electrons. The van der Waals surface area contributed by atoms with E-state index in [1.807, 2.05) is 18.2 Å². The zero-order valence-electron chi connectivity index (χ0n) is 11.5. The van der Waals surface area contributed by atoms with Crippen molar-refractivity contribution in [3.63, 3.8) is 0 Å². The van der Waals surface area contributed by atoms with Crippen LogP contribution in [-0.4, -0.2) is 41.7 Å². The Morgan fingerprint density at radius 3 is 3.00 bits per heavy atom. The third-order valence-electron chi connectivity index (χ3n) is 3.89. The van der Waals surface area contributed by atoms with E-state index in [-0.39, 0.29) is 0 Å². The monoisotopic (exact) mass is 260 g/mol. The van der Waals surface area contributed by atoms with E-state index in [1.165, 1.54) is 6.42 Å². The molecule has 2 heterocycles. The van der Waals surface area contributed by atoms with Crippen molar-refractivity contribution in [2.75, 3.05) is 33.0 Å². The van der Waals surface area contributed by atoms with Crippen molar-refractivity contribution in [2.24, 2.45) is 0 Å². The molecule has 3 rings (SSSR count). The lowest BCUT2D eigenvalue weighted by Gasteiger charge is -2.31. The van der Waals surface area contributed by atoms with Gasteiger partial charge in [0.25, 0.3) is 0 Å². The Morgan fingerprint density at radius 1 is 1.42 bits per heavy atom. The summed E-state index contributed by atoms with van der Waals surface area (Å²) >= 11 is 0. The average molecular weight is 260 g/mol. The molecule has 1 fully saturated rings. The van der Waals surface area contributed by atoms with Gasteiger partial charge in [0.15, 0.2) is 0 Å². The first-order chi connectivity index (χ1) is 9.19. The highest BCUT2D eigenvalue weighted by atomic mass is 16.5. The molecule has 0 amide bonds. The minimum Gasteiger partial charge on any atom is -0.497 e. The van der Waals surface area contributed by atoms with Crippen LogP contribution >= 0.6 is 0 Å². The summed E-state index contributed by atoms with van der Waals surface area (Å²) in [5, 5.41) is 0. The van der Waals surface area contributed by atoms with E-state index in [4.69, 9.17) is 10.5 Å². The average Bonchev–Trinajstić information content (AvgIpc) is 2.73. The van der Waals surface area contributed by atoms with Gasteiger partial charge in [-0.3, -0.25) is 0 Å². The van der Waals surface area contributed by atoms with Crippen LogP contribution in [0.1, 0.15) is 18.9 Å². The molecule has 0 radical (unpaired) electrons. The van der Waals surface area contributed by atoms with Gasteiger partial charge in [0, 0.05) is 18.7 Å². The van der Waals surface area contributed by atoms with Gasteiger partial charge < -0.3 is 19.9 Å². The number of hydrogen-bond acceptors (Lipinski definition) is 4. The number of fused-ring (bicyclic) bond motifs is 1. The lowest BCUT2D eigenvalue weighted by molar-refractivity contribution is 0.216. The largest absolute Gasteiger partial charge is 0.497 e. The summed E-state index contributed by atoms with van der Waals surface area (Å²) in [6.45, 7) is 2.18. The zero-order chi connectivity index (χ0) is 13.4. The number of likely N-dealkylation sites (N-methyl/N-ethyl adjacent to an activating group) is 1. The molecule has 0 spiro atoms. The number of nitrogens with two attached hydrogens (primary N) is 1. The van der Waals surface area contributed by atoms with Crippen LogP contribution in [-0.2, 0) is 0 Å². The molecule has 0 aliphatic carbocycles. The summed E-state index contributed by atoms with van der Waals surface area (Å²) in [4.78, 5) is 6.80. The fourth-order valence-corrected chi connectivity index (χ4v) is 2.95. The Balaban J connectivity index is 2.08. The van der Waals surface area contributed by atoms with Crippen molar-refractivity contribution in [1.82, 2.24) is 14.5 Å². The molecule has 19 heavy (non-hydrogen) atoms. The van der Waals surface area contributed by atoms with Crippen molar-refractivity contribution < 1.29 is 4.74 Å². The zero-order valence-corrected chi connectivity index (χ0v) is 11.5. The highest BCUT2D eigenvalue weighted by molar-refractivity contribution is 5.80. The first-order valence-electron chi connectivity index (χ1n) is 6.69. The Kier molecular flexibility index (Phi) is 3.06. The SMILES string of the molecule is COc1ccc2nc(N)n(C3CCCN(C)C3)c2c1. The fourth-order valence-electron chi connectivity index (χ4n) is 2.95. The standard InChI is InChI=1S/C14H20N4O/c1-17-7-3-4-10(9-17)18-13-8-11(19-2)5-6-12(13)16-14(18)15/h5-6,8,10H,3-4,7,9H2,1-2H3,(H2,15,16). The topological polar surface area (TPSA) is 56.3 Å². The third kappa shape index (κ3) is 2.14. The number of methoxy groups -OCH3 is 1. The number of aromatic nitrogens is 2. The molecule has 1 aliphatic rings. The molecule has 1 saturated heterocycles. The molecule has 0 saturated carbocycles. The highest BCUT2D eigenvalue weighted by Gasteiger charge is 2.22. The number of hydrogen-bond donors (Lipinski definition) is 1. The Labute approximate surface area is 113 Å². The highest BCUT2D eigenvalue weighted by Crippen LogP contribution is 2.30. The molecule has 2 N–H and O–H groups in total. The lowest BCUT2D eigenvalue weighted by atomic mass is 10.1. The van der Waals surface area contributed by atoms with E-state index in [0.717, 1.165) is 36.3 Å². The van der Waals surface area contributed by atoms with Gasteiger partial charge in [-0.1, -0.05) is 0 Å². The molecule has 5 heteroatoms. The van der Waals surface area contributed by atoms with Crippen LogP contribution < -0.4 is 10.5 Å². The maximum atomic E-state index is 6.11. The molecular weight excluding hydrogens is 240 g/mol. The third-order valence-corrected chi connectivity index (χ3v) is 3.89. The van der Waals surface area contributed by atoms with Gasteiger partial charge in [-0.25, -0.2) is 4.98 Å². The van der Waals surface area contributed by atoms with E-state index >= 15 is 0 Å². The van der Waals surface area contributed by atoms with E-state index < -0.39 is 0 Å². The molecular formula is C14H20N4O. The second-order valence-corrected chi connectivity index (χ2v) is 5.25. The number of nitrogens with zero attached hydrogens (tertiary/aromatic N) is 3. The van der Waals surface area contributed by atoms with Gasteiger partial charge in [-0.15, -0.1) is 0 Å². The number of benzene rings is 1. The first kappa shape index (κ1) is 12.3. The van der Waals surface area contributed by atoms with Crippen LogP contribution in [0.15, 0.2) is 18.2 Å². The maximum absolute atomic E-state index is 6.11. The number of ether oxygens (including phenoxy) is 1. The Hall–Kier alpha value is -1.75. The molecule has 1 atom stereocenters. The minimum absolute atomic E-state index is 0.399. The minimum atomic E-state index is 0.399. The first-order valence-corrected chi connectivity index (χ1v) is 6.69. The van der Waals surface area contributed by atoms with E-state index in [0.29, 0.717) is 12.0 Å². The lowest BCUT2D eigenvalue weighted by Crippen LogP contribution is -2.33. The van der Waals surface area contributed by atoms with Gasteiger partial charge >= 0.3 is 0 Å². The van der Waals surface area contributed by atoms with Gasteiger partial charge in [0.1, 0.15) is 5.75 Å². The van der Waals surface area contributed by atoms with Crippen LogP contribution in [0.4, 0.5) is 5.95 Å². The van der Waals surface area contributed by atoms with Crippen molar-refractivity contribution in [1.29, 1.82) is 0 Å². The molecule has 1 unspecified atom stereocenters. The van der Waals surface area contributed by atoms with E-state index in [2.05, 4.69) is 21.5 Å². The van der Waals surface area contributed by atoms with E-state index in [1.54, 1.807) is 7.11 Å². The number of likely N-dealkylation sites (tertiary alicyclic amines) is 1. The quantitative estimate of drug-likeness (QED) is 0.896. The predicted octanol–water partition coefficient (Wildman–Crippen LogP) is 1.89. The molecule has 1 aliphatic heterocycles. The molecule has 2 aromatic rings. The van der Waals surface area contributed by atoms with Crippen molar-refractivity contribution >= 4 is 17.0 Å². The molecule has 1 aromatic heterocycles. The van der Waals surface area contributed by atoms with Crippen LogP contribution in [0.25, 0.3) is 11.0 Å². The fraction of sp³-hybridized carbons (Fsp3) is 0.500. The summed E-state index contributed by atoms with van der Waals surface area (Å²) in [6, 6.07) is 6.31. The Morgan fingerprint density at radius 2 is 2.26 bits per heavy atom. The smallest absolute Gasteiger partial charge is 0.201 e. The summed E-state index contributed by atoms with van der Waals surface area (Å²) in [5.41, 5.74) is 8.12. The van der Waals surface area contributed by atoms with Crippen molar-refractivity contribution in [2.45, 2.75) is 18.9 Å². The van der Waals surface area contributed by atoms with Gasteiger partial charge in [-0.2, -0.15) is 0 Å². The van der Waals surface area contributed by atoms with Crippen molar-refractivity contribution in [3.8, 4) is 5.75 Å². The van der Waals surface area contributed by atoms with Gasteiger partial charge in [0.05, 0.1) is 18.1 Å². The molecule has 0 bridgehead atoms. The second kappa shape index (κ2) is 4.74. The summed E-state index contributed by atoms with van der Waals surface area (Å²) in [7, 11) is 3.83. The summed E-state index contributed by atoms with van der Waals surface area (Å²) in [5.74, 6) is 1.45. The normalized spacial score (nSPS) is 20.8. The molecule has 1 aromatic carbocycles. The van der Waals surface area contributed by atoms with Crippen molar-refractivity contribution in [3.05, 3.63) is 18.2 Å².